The van der Waals surface area contributed by atoms with E-state index in [0.717, 1.165) is 19.8 Å². The van der Waals surface area contributed by atoms with Crippen LogP contribution in [0.5, 0.6) is 0 Å². The van der Waals surface area contributed by atoms with Crippen molar-refractivity contribution < 1.29 is 4.74 Å². The van der Waals surface area contributed by atoms with E-state index >= 15 is 0 Å². The lowest BCUT2D eigenvalue weighted by Crippen LogP contribution is -2.16. The highest BCUT2D eigenvalue weighted by Gasteiger charge is 2.21. The fourth-order valence-electron chi connectivity index (χ4n) is 2.17. The van der Waals surface area contributed by atoms with Gasteiger partial charge in [-0.15, -0.1) is 11.3 Å². The Kier molecular flexibility index (Phi) is 4.41. The van der Waals surface area contributed by atoms with Gasteiger partial charge in [-0.1, -0.05) is 0 Å². The highest BCUT2D eigenvalue weighted by molar-refractivity contribution is 9.11. The average Bonchev–Trinajstić information content (AvgIpc) is 2.60. The third-order valence-electron chi connectivity index (χ3n) is 2.93. The maximum Gasteiger partial charge on any atom is 0.0704 e. The number of ether oxygens (including phenoxy) is 1. The van der Waals surface area contributed by atoms with Crippen molar-refractivity contribution in [3.63, 3.8) is 0 Å². The summed E-state index contributed by atoms with van der Waals surface area (Å²) in [6.45, 7) is 2.88. The van der Waals surface area contributed by atoms with Crippen molar-refractivity contribution in [3.8, 4) is 0 Å². The maximum atomic E-state index is 5.43. The molecule has 90 valence electrons. The predicted octanol–water partition coefficient (Wildman–Crippen LogP) is 3.47. The van der Waals surface area contributed by atoms with Crippen molar-refractivity contribution >= 4 is 27.3 Å². The van der Waals surface area contributed by atoms with Crippen LogP contribution in [-0.2, 0) is 11.3 Å². The molecule has 4 heteroatoms. The van der Waals surface area contributed by atoms with Gasteiger partial charge in [-0.2, -0.15) is 0 Å². The van der Waals surface area contributed by atoms with Crippen LogP contribution in [0.15, 0.2) is 9.85 Å². The summed E-state index contributed by atoms with van der Waals surface area (Å²) in [5, 5.41) is 0. The number of hydrogen-bond acceptors (Lipinski definition) is 3. The smallest absolute Gasteiger partial charge is 0.0704 e. The minimum absolute atomic E-state index is 0.700. The molecule has 1 aromatic rings. The number of nitrogens with zero attached hydrogens (tertiary/aromatic N) is 1. The zero-order valence-corrected chi connectivity index (χ0v) is 12.2. The van der Waals surface area contributed by atoms with Crippen molar-refractivity contribution in [2.45, 2.75) is 25.3 Å². The molecule has 0 spiro atoms. The van der Waals surface area contributed by atoms with Crippen molar-refractivity contribution in [1.29, 1.82) is 0 Å². The topological polar surface area (TPSA) is 12.5 Å². The summed E-state index contributed by atoms with van der Waals surface area (Å²) in [7, 11) is 4.25. The zero-order chi connectivity index (χ0) is 11.5. The molecule has 1 saturated heterocycles. The molecule has 0 N–H and O–H groups in total. The van der Waals surface area contributed by atoms with E-state index in [9.17, 15) is 0 Å². The van der Waals surface area contributed by atoms with Crippen LogP contribution in [0.3, 0.4) is 0 Å². The van der Waals surface area contributed by atoms with Crippen LogP contribution in [0, 0.1) is 0 Å². The summed E-state index contributed by atoms with van der Waals surface area (Å²) in [6, 6.07) is 2.31. The van der Waals surface area contributed by atoms with Gasteiger partial charge in [0.25, 0.3) is 0 Å². The van der Waals surface area contributed by atoms with E-state index in [1.165, 1.54) is 27.1 Å². The number of thiophene rings is 1. The largest absolute Gasteiger partial charge is 0.381 e. The molecule has 1 aromatic heterocycles. The molecular formula is C12H18BrNOS. The van der Waals surface area contributed by atoms with E-state index in [1.807, 2.05) is 11.3 Å². The Morgan fingerprint density at radius 2 is 2.12 bits per heavy atom. The van der Waals surface area contributed by atoms with Crippen LogP contribution in [0.4, 0.5) is 0 Å². The Morgan fingerprint density at radius 1 is 1.44 bits per heavy atom. The fourth-order valence-corrected chi connectivity index (χ4v) is 4.09. The fraction of sp³-hybridized carbons (Fsp3) is 0.667. The van der Waals surface area contributed by atoms with Gasteiger partial charge < -0.3 is 9.64 Å². The molecule has 16 heavy (non-hydrogen) atoms. The molecule has 2 heterocycles. The van der Waals surface area contributed by atoms with Gasteiger partial charge in [-0.25, -0.2) is 0 Å². The first kappa shape index (κ1) is 12.6. The number of halogens is 1. The first-order valence-electron chi connectivity index (χ1n) is 5.67. The van der Waals surface area contributed by atoms with Gasteiger partial charge in [0.1, 0.15) is 0 Å². The Morgan fingerprint density at radius 3 is 2.75 bits per heavy atom. The van der Waals surface area contributed by atoms with Gasteiger partial charge >= 0.3 is 0 Å². The second kappa shape index (κ2) is 5.63. The monoisotopic (exact) mass is 303 g/mol. The summed E-state index contributed by atoms with van der Waals surface area (Å²) >= 11 is 5.48. The van der Waals surface area contributed by atoms with Crippen molar-refractivity contribution in [2.24, 2.45) is 0 Å². The maximum absolute atomic E-state index is 5.43. The summed E-state index contributed by atoms with van der Waals surface area (Å²) in [6.07, 6.45) is 2.34. The second-order valence-corrected chi connectivity index (χ2v) is 7.07. The van der Waals surface area contributed by atoms with Crippen molar-refractivity contribution in [1.82, 2.24) is 4.90 Å². The van der Waals surface area contributed by atoms with E-state index < -0.39 is 0 Å². The average molecular weight is 304 g/mol. The van der Waals surface area contributed by atoms with E-state index in [4.69, 9.17) is 4.74 Å². The normalized spacial score (nSPS) is 18.2. The van der Waals surface area contributed by atoms with Crippen LogP contribution >= 0.6 is 27.3 Å². The first-order chi connectivity index (χ1) is 7.66. The molecule has 0 bridgehead atoms. The zero-order valence-electron chi connectivity index (χ0n) is 9.83. The van der Waals surface area contributed by atoms with Crippen LogP contribution in [-0.4, -0.2) is 32.2 Å². The Hall–Kier alpha value is 0.1000. The summed E-state index contributed by atoms with van der Waals surface area (Å²) < 4.78 is 6.69. The molecule has 0 aliphatic carbocycles. The highest BCUT2D eigenvalue weighted by atomic mass is 79.9. The number of hydrogen-bond donors (Lipinski definition) is 0. The van der Waals surface area contributed by atoms with Crippen LogP contribution in [0.1, 0.15) is 29.2 Å². The van der Waals surface area contributed by atoms with Gasteiger partial charge in [0.15, 0.2) is 0 Å². The molecule has 1 fully saturated rings. The summed E-state index contributed by atoms with van der Waals surface area (Å²) in [5.74, 6) is 0.700. The van der Waals surface area contributed by atoms with Crippen molar-refractivity contribution in [3.05, 3.63) is 20.3 Å². The Bertz CT molecular complexity index is 345. The quantitative estimate of drug-likeness (QED) is 0.848. The molecule has 1 aliphatic heterocycles. The molecule has 0 aromatic carbocycles. The minimum Gasteiger partial charge on any atom is -0.381 e. The summed E-state index contributed by atoms with van der Waals surface area (Å²) in [4.78, 5) is 3.74. The molecule has 0 atom stereocenters. The Labute approximate surface area is 110 Å². The third-order valence-corrected chi connectivity index (χ3v) is 4.57. The van der Waals surface area contributed by atoms with Crippen LogP contribution in [0.25, 0.3) is 0 Å². The highest BCUT2D eigenvalue weighted by Crippen LogP contribution is 2.37. The van der Waals surface area contributed by atoms with Crippen molar-refractivity contribution in [2.75, 3.05) is 27.3 Å². The number of rotatable bonds is 3. The van der Waals surface area contributed by atoms with Gasteiger partial charge in [0.05, 0.1) is 3.79 Å². The molecule has 0 radical (unpaired) electrons. The molecule has 0 saturated carbocycles. The predicted molar refractivity (Wildman–Crippen MR) is 72.2 cm³/mol. The Balaban J connectivity index is 2.17. The van der Waals surface area contributed by atoms with Crippen LogP contribution in [0.2, 0.25) is 0 Å². The van der Waals surface area contributed by atoms with Gasteiger partial charge in [-0.05, 0) is 60.4 Å². The van der Waals surface area contributed by atoms with E-state index in [-0.39, 0.29) is 0 Å². The molecule has 0 amide bonds. The molecular weight excluding hydrogens is 286 g/mol. The summed E-state index contributed by atoms with van der Waals surface area (Å²) in [5.41, 5.74) is 1.54. The SMILES string of the molecule is CN(C)Cc1sc(Br)cc1C1CCOCC1. The molecule has 0 unspecified atom stereocenters. The van der Waals surface area contributed by atoms with E-state index in [2.05, 4.69) is 41.0 Å². The van der Waals surface area contributed by atoms with Gasteiger partial charge in [0.2, 0.25) is 0 Å². The van der Waals surface area contributed by atoms with Gasteiger partial charge in [-0.3, -0.25) is 0 Å². The lowest BCUT2D eigenvalue weighted by molar-refractivity contribution is 0.0851. The van der Waals surface area contributed by atoms with Gasteiger partial charge in [0, 0.05) is 24.6 Å². The lowest BCUT2D eigenvalue weighted by Gasteiger charge is -2.23. The lowest BCUT2D eigenvalue weighted by atomic mass is 9.92. The molecule has 2 rings (SSSR count). The third kappa shape index (κ3) is 3.06. The van der Waals surface area contributed by atoms with E-state index in [1.54, 1.807) is 0 Å². The standard InChI is InChI=1S/C12H18BrNOS/c1-14(2)8-11-10(7-12(13)16-11)9-3-5-15-6-4-9/h7,9H,3-6,8H2,1-2H3. The minimum atomic E-state index is 0.700. The van der Waals surface area contributed by atoms with Crippen LogP contribution < -0.4 is 0 Å². The molecule has 1 aliphatic rings. The molecule has 2 nitrogen and oxygen atoms in total. The first-order valence-corrected chi connectivity index (χ1v) is 7.28. The second-order valence-electron chi connectivity index (χ2n) is 4.55. The van der Waals surface area contributed by atoms with E-state index in [0.29, 0.717) is 5.92 Å².